The van der Waals surface area contributed by atoms with Crippen molar-refractivity contribution in [2.75, 3.05) is 18.9 Å². The second-order valence-electron chi connectivity index (χ2n) is 8.14. The number of H-pyrrole nitrogens is 1. The molecule has 0 amide bonds. The highest BCUT2D eigenvalue weighted by Crippen LogP contribution is 2.47. The Hall–Kier alpha value is -2.88. The van der Waals surface area contributed by atoms with Crippen molar-refractivity contribution in [3.05, 3.63) is 41.2 Å². The molecule has 164 valence electrons. The molecule has 3 N–H and O–H groups in total. The minimum Gasteiger partial charge on any atom is -0.469 e. The molecule has 0 unspecified atom stereocenters. The van der Waals surface area contributed by atoms with E-state index in [9.17, 15) is 13.2 Å². The number of ether oxygens (including phenoxy) is 2. The monoisotopic (exact) mass is 433 g/mol. The summed E-state index contributed by atoms with van der Waals surface area (Å²) in [7, 11) is 0. The van der Waals surface area contributed by atoms with Crippen LogP contribution >= 0.6 is 0 Å². The lowest BCUT2D eigenvalue weighted by Gasteiger charge is -2.31. The van der Waals surface area contributed by atoms with Crippen molar-refractivity contribution in [1.29, 1.82) is 0 Å². The maximum absolute atomic E-state index is 14.1. The maximum Gasteiger partial charge on any atom is 0.423 e. The molecular weight excluding hydrogens is 411 g/mol. The normalized spacial score (nSPS) is 22.4. The topological polar surface area (TPSA) is 98.9 Å². The Bertz CT molecular complexity index is 1100. The number of hydrogen-bond donors (Lipinski definition) is 2. The fraction of sp³-hybridized carbons (Fsp3) is 0.476. The van der Waals surface area contributed by atoms with Gasteiger partial charge >= 0.3 is 6.18 Å². The van der Waals surface area contributed by atoms with Crippen LogP contribution in [0.1, 0.15) is 54.5 Å². The molecule has 0 radical (unpaired) electrons. The Balaban J connectivity index is 1.51. The van der Waals surface area contributed by atoms with Crippen LogP contribution in [-0.4, -0.2) is 39.5 Å². The molecule has 31 heavy (non-hydrogen) atoms. The van der Waals surface area contributed by atoms with Crippen LogP contribution in [0.4, 0.5) is 19.1 Å². The molecule has 0 spiro atoms. The fourth-order valence-electron chi connectivity index (χ4n) is 4.55. The lowest BCUT2D eigenvalue weighted by atomic mass is 9.77. The Kier molecular flexibility index (Phi) is 4.96. The van der Waals surface area contributed by atoms with E-state index < -0.39 is 29.6 Å². The molecule has 5 rings (SSSR count). The van der Waals surface area contributed by atoms with Crippen molar-refractivity contribution in [1.82, 2.24) is 20.2 Å². The van der Waals surface area contributed by atoms with Crippen LogP contribution in [-0.2, 0) is 10.9 Å². The number of alkyl halides is 3. The predicted molar refractivity (Wildman–Crippen MR) is 107 cm³/mol. The van der Waals surface area contributed by atoms with Crippen LogP contribution < -0.4 is 10.5 Å². The summed E-state index contributed by atoms with van der Waals surface area (Å²) in [6, 6.07) is 7.73. The smallest absolute Gasteiger partial charge is 0.423 e. The lowest BCUT2D eigenvalue weighted by molar-refractivity contribution is -0.143. The molecule has 1 saturated carbocycles. The quantitative estimate of drug-likeness (QED) is 0.641. The molecular formula is C21H22F3N5O2. The molecule has 3 aromatic rings. The van der Waals surface area contributed by atoms with Crippen molar-refractivity contribution in [3.63, 3.8) is 0 Å². The second kappa shape index (κ2) is 7.67. The highest BCUT2D eigenvalue weighted by molar-refractivity contribution is 5.81. The average molecular weight is 433 g/mol. The van der Waals surface area contributed by atoms with Crippen LogP contribution in [0.5, 0.6) is 5.88 Å². The molecule has 3 heterocycles. The number of aromatic amines is 1. The number of para-hydroxylation sites is 1. The number of nitrogen functional groups attached to an aromatic ring is 1. The number of nitrogens with zero attached hydrogens (tertiary/aromatic N) is 3. The van der Waals surface area contributed by atoms with E-state index in [1.54, 1.807) is 0 Å². The number of nitrogens with two attached hydrogens (primary N) is 1. The van der Waals surface area contributed by atoms with E-state index in [2.05, 4.69) is 20.2 Å². The molecule has 1 aromatic carbocycles. The summed E-state index contributed by atoms with van der Waals surface area (Å²) in [6.07, 6.45) is -2.37. The molecule has 2 aromatic heterocycles. The molecule has 10 heteroatoms. The summed E-state index contributed by atoms with van der Waals surface area (Å²) >= 11 is 0. The van der Waals surface area contributed by atoms with Gasteiger partial charge in [-0.25, -0.2) is 4.98 Å². The minimum atomic E-state index is -4.66. The van der Waals surface area contributed by atoms with Gasteiger partial charge in [0, 0.05) is 22.9 Å². The zero-order valence-electron chi connectivity index (χ0n) is 16.7. The van der Waals surface area contributed by atoms with Gasteiger partial charge in [-0.05, 0) is 25.3 Å². The van der Waals surface area contributed by atoms with Gasteiger partial charge < -0.3 is 15.2 Å². The van der Waals surface area contributed by atoms with Gasteiger partial charge in [-0.1, -0.05) is 24.6 Å². The maximum atomic E-state index is 14.1. The van der Waals surface area contributed by atoms with Crippen LogP contribution in [0.15, 0.2) is 24.3 Å². The number of anilines is 1. The molecule has 1 saturated heterocycles. The highest BCUT2D eigenvalue weighted by atomic mass is 19.4. The SMILES string of the molecule is Nc1nc(OC2COC2)c(C(F)(F)F)c([C@@H]2CCC[C@@H](c3[nH]nc4ccccc34)C2)n1. The molecule has 7 nitrogen and oxygen atoms in total. The number of hydrogen-bond acceptors (Lipinski definition) is 6. The zero-order valence-corrected chi connectivity index (χ0v) is 16.7. The number of fused-ring (bicyclic) bond motifs is 1. The molecule has 2 fully saturated rings. The van der Waals surface area contributed by atoms with Crippen LogP contribution in [0.2, 0.25) is 0 Å². The summed E-state index contributed by atoms with van der Waals surface area (Å²) < 4.78 is 52.8. The fourth-order valence-corrected chi connectivity index (χ4v) is 4.55. The molecule has 2 aliphatic rings. The van der Waals surface area contributed by atoms with Crippen molar-refractivity contribution in [2.24, 2.45) is 0 Å². The van der Waals surface area contributed by atoms with E-state index in [0.29, 0.717) is 12.8 Å². The van der Waals surface area contributed by atoms with Gasteiger partial charge in [0.15, 0.2) is 0 Å². The third-order valence-corrected chi connectivity index (χ3v) is 6.05. The van der Waals surface area contributed by atoms with E-state index in [1.807, 2.05) is 24.3 Å². The predicted octanol–water partition coefficient (Wildman–Crippen LogP) is 4.17. The van der Waals surface area contributed by atoms with Crippen molar-refractivity contribution in [3.8, 4) is 5.88 Å². The first-order valence-corrected chi connectivity index (χ1v) is 10.3. The second-order valence-corrected chi connectivity index (χ2v) is 8.14. The molecule has 1 aliphatic heterocycles. The van der Waals surface area contributed by atoms with Gasteiger partial charge in [0.25, 0.3) is 0 Å². The van der Waals surface area contributed by atoms with E-state index >= 15 is 0 Å². The zero-order chi connectivity index (χ0) is 21.6. The number of halogens is 3. The van der Waals surface area contributed by atoms with E-state index in [-0.39, 0.29) is 30.8 Å². The van der Waals surface area contributed by atoms with E-state index in [1.165, 1.54) is 0 Å². The number of nitrogens with one attached hydrogen (secondary N) is 1. The largest absolute Gasteiger partial charge is 0.469 e. The Morgan fingerprint density at radius 1 is 1.10 bits per heavy atom. The number of benzene rings is 1. The van der Waals surface area contributed by atoms with Crippen LogP contribution in [0.25, 0.3) is 10.9 Å². The highest BCUT2D eigenvalue weighted by Gasteiger charge is 2.43. The summed E-state index contributed by atoms with van der Waals surface area (Å²) in [5.41, 5.74) is 6.60. The van der Waals surface area contributed by atoms with E-state index in [4.69, 9.17) is 15.2 Å². The molecule has 1 aliphatic carbocycles. The Morgan fingerprint density at radius 2 is 1.87 bits per heavy atom. The van der Waals surface area contributed by atoms with E-state index in [0.717, 1.165) is 29.4 Å². The summed E-state index contributed by atoms with van der Waals surface area (Å²) in [6.45, 7) is 0.462. The first-order chi connectivity index (χ1) is 14.9. The third-order valence-electron chi connectivity index (χ3n) is 6.05. The summed E-state index contributed by atoms with van der Waals surface area (Å²) in [5, 5.41) is 8.44. The van der Waals surface area contributed by atoms with Crippen molar-refractivity contribution < 1.29 is 22.6 Å². The average Bonchev–Trinajstić information content (AvgIpc) is 3.13. The first kappa shape index (κ1) is 20.0. The summed E-state index contributed by atoms with van der Waals surface area (Å²) in [5.74, 6) is -1.08. The van der Waals surface area contributed by atoms with Crippen LogP contribution in [0, 0.1) is 0 Å². The Labute approximate surface area is 176 Å². The summed E-state index contributed by atoms with van der Waals surface area (Å²) in [4.78, 5) is 7.84. The van der Waals surface area contributed by atoms with Gasteiger partial charge in [-0.2, -0.15) is 23.3 Å². The third kappa shape index (κ3) is 3.80. The van der Waals surface area contributed by atoms with Gasteiger partial charge in [0.1, 0.15) is 11.7 Å². The first-order valence-electron chi connectivity index (χ1n) is 10.3. The van der Waals surface area contributed by atoms with Gasteiger partial charge in [-0.3, -0.25) is 5.10 Å². The Morgan fingerprint density at radius 3 is 2.61 bits per heavy atom. The van der Waals surface area contributed by atoms with Gasteiger partial charge in [-0.15, -0.1) is 0 Å². The number of rotatable bonds is 4. The van der Waals surface area contributed by atoms with Crippen molar-refractivity contribution >= 4 is 16.9 Å². The van der Waals surface area contributed by atoms with Crippen molar-refractivity contribution in [2.45, 2.75) is 49.8 Å². The van der Waals surface area contributed by atoms with Gasteiger partial charge in [0.2, 0.25) is 11.8 Å². The lowest BCUT2D eigenvalue weighted by Crippen LogP contribution is -2.39. The standard InChI is InChI=1S/C21H22F3N5O2/c22-21(23,24)16-18(26-20(25)27-19(16)31-13-9-30-10-13)12-5-3-4-11(8-12)17-14-6-1-2-7-15(14)28-29-17/h1-2,6-7,11-13H,3-5,8-10H2,(H,28,29)(H2,25,26,27)/t11-,12-/m1/s1. The minimum absolute atomic E-state index is 0.0489. The van der Waals surface area contributed by atoms with Crippen LogP contribution in [0.3, 0.4) is 0 Å². The van der Waals surface area contributed by atoms with Gasteiger partial charge in [0.05, 0.1) is 24.4 Å². The molecule has 0 bridgehead atoms. The number of aromatic nitrogens is 4. The molecule has 2 atom stereocenters.